The summed E-state index contributed by atoms with van der Waals surface area (Å²) in [5.41, 5.74) is 2.59. The van der Waals surface area contributed by atoms with Gasteiger partial charge in [-0.3, -0.25) is 14.6 Å². The molecule has 194 valence electrons. The molecule has 10 heteroatoms. The highest BCUT2D eigenvalue weighted by atomic mass is 32.2. The van der Waals surface area contributed by atoms with Gasteiger partial charge in [-0.25, -0.2) is 0 Å². The Labute approximate surface area is 231 Å². The SMILES string of the molecule is COc1ccc(CCN2C(=O)/C(=C\c3nc(C#N)c(N4CCN(Cc5ccccc5)CC4)o3)SC2=S)cc1. The number of thioether (sulfide) groups is 1. The van der Waals surface area contributed by atoms with E-state index in [1.165, 1.54) is 17.3 Å². The summed E-state index contributed by atoms with van der Waals surface area (Å²) in [7, 11) is 1.63. The number of nitrogens with zero attached hydrogens (tertiary/aromatic N) is 5. The molecule has 5 rings (SSSR count). The van der Waals surface area contributed by atoms with Gasteiger partial charge in [-0.05, 0) is 29.7 Å². The highest BCUT2D eigenvalue weighted by molar-refractivity contribution is 8.26. The van der Waals surface area contributed by atoms with Gasteiger partial charge in [0.15, 0.2) is 0 Å². The number of piperazine rings is 1. The summed E-state index contributed by atoms with van der Waals surface area (Å²) in [5, 5.41) is 9.68. The molecular weight excluding hydrogens is 518 g/mol. The van der Waals surface area contributed by atoms with E-state index in [9.17, 15) is 10.1 Å². The van der Waals surface area contributed by atoms with Crippen molar-refractivity contribution in [3.05, 3.63) is 82.2 Å². The highest BCUT2D eigenvalue weighted by Crippen LogP contribution is 2.34. The fourth-order valence-electron chi connectivity index (χ4n) is 4.47. The summed E-state index contributed by atoms with van der Waals surface area (Å²) in [4.78, 5) is 23.9. The number of benzene rings is 2. The fraction of sp³-hybridized carbons (Fsp3) is 0.286. The van der Waals surface area contributed by atoms with Gasteiger partial charge < -0.3 is 14.1 Å². The number of thiocarbonyl (C=S) groups is 1. The quantitative estimate of drug-likeness (QED) is 0.303. The van der Waals surface area contributed by atoms with Crippen molar-refractivity contribution in [1.82, 2.24) is 14.8 Å². The standard InChI is InChI=1S/C28H27N5O3S2/c1-35-22-9-7-20(8-10-22)11-12-33-26(34)24(38-28(33)37)17-25-30-23(18-29)27(36-25)32-15-13-31(14-16-32)19-21-5-3-2-4-6-21/h2-10,17H,11-16,19H2,1H3/b24-17+. The van der Waals surface area contributed by atoms with Gasteiger partial charge in [-0.15, -0.1) is 0 Å². The molecule has 0 saturated carbocycles. The van der Waals surface area contributed by atoms with Crippen molar-refractivity contribution in [3.8, 4) is 11.8 Å². The zero-order valence-corrected chi connectivity index (χ0v) is 22.6. The first-order valence-corrected chi connectivity index (χ1v) is 13.6. The number of carbonyl (C=O) groups is 1. The maximum atomic E-state index is 13.1. The number of hydrogen-bond donors (Lipinski definition) is 0. The normalized spacial score (nSPS) is 17.3. The van der Waals surface area contributed by atoms with E-state index >= 15 is 0 Å². The van der Waals surface area contributed by atoms with Gasteiger partial charge in [0.1, 0.15) is 16.1 Å². The van der Waals surface area contributed by atoms with Gasteiger partial charge in [-0.1, -0.05) is 66.4 Å². The minimum atomic E-state index is -0.179. The fourth-order valence-corrected chi connectivity index (χ4v) is 5.74. The Morgan fingerprint density at radius 3 is 2.53 bits per heavy atom. The minimum absolute atomic E-state index is 0.179. The van der Waals surface area contributed by atoms with Gasteiger partial charge in [0.2, 0.25) is 17.5 Å². The number of ether oxygens (including phenoxy) is 1. The maximum absolute atomic E-state index is 13.1. The second-order valence-corrected chi connectivity index (χ2v) is 10.7. The number of hydrogen-bond acceptors (Lipinski definition) is 9. The number of carbonyl (C=O) groups excluding carboxylic acids is 1. The van der Waals surface area contributed by atoms with Crippen LogP contribution in [0.5, 0.6) is 5.75 Å². The molecule has 0 aliphatic carbocycles. The van der Waals surface area contributed by atoms with Crippen LogP contribution >= 0.6 is 24.0 Å². The van der Waals surface area contributed by atoms with Gasteiger partial charge in [0.05, 0.1) is 12.0 Å². The van der Waals surface area contributed by atoms with Crippen molar-refractivity contribution >= 4 is 46.2 Å². The van der Waals surface area contributed by atoms with Crippen molar-refractivity contribution < 1.29 is 13.9 Å². The second-order valence-electron chi connectivity index (χ2n) is 9.00. The number of aromatic nitrogens is 1. The Bertz CT molecular complexity index is 1370. The molecule has 0 spiro atoms. The van der Waals surface area contributed by atoms with E-state index in [0.717, 1.165) is 44.0 Å². The Balaban J connectivity index is 1.22. The molecule has 3 heterocycles. The van der Waals surface area contributed by atoms with Gasteiger partial charge >= 0.3 is 0 Å². The van der Waals surface area contributed by atoms with Crippen molar-refractivity contribution in [2.45, 2.75) is 13.0 Å². The summed E-state index contributed by atoms with van der Waals surface area (Å²) in [6.07, 6.45) is 2.25. The Morgan fingerprint density at radius 2 is 1.84 bits per heavy atom. The van der Waals surface area contributed by atoms with Crippen LogP contribution in [0.25, 0.3) is 6.08 Å². The minimum Gasteiger partial charge on any atom is -0.497 e. The predicted molar refractivity (Wildman–Crippen MR) is 152 cm³/mol. The average molecular weight is 546 g/mol. The van der Waals surface area contributed by atoms with E-state index in [4.69, 9.17) is 21.4 Å². The topological polar surface area (TPSA) is 85.8 Å². The monoisotopic (exact) mass is 545 g/mol. The third-order valence-corrected chi connectivity index (χ3v) is 7.93. The van der Waals surface area contributed by atoms with Crippen molar-refractivity contribution in [1.29, 1.82) is 5.26 Å². The molecule has 0 atom stereocenters. The van der Waals surface area contributed by atoms with Crippen LogP contribution in [0.4, 0.5) is 5.88 Å². The lowest BCUT2D eigenvalue weighted by molar-refractivity contribution is -0.122. The first kappa shape index (κ1) is 26.0. The zero-order valence-electron chi connectivity index (χ0n) is 21.0. The van der Waals surface area contributed by atoms with Crippen molar-refractivity contribution in [2.24, 2.45) is 0 Å². The molecule has 1 aromatic heterocycles. The molecule has 0 radical (unpaired) electrons. The number of oxazole rings is 1. The molecular formula is C28H27N5O3S2. The first-order chi connectivity index (χ1) is 18.5. The van der Waals surface area contributed by atoms with E-state index in [2.05, 4.69) is 40.2 Å². The van der Waals surface area contributed by atoms with Gasteiger partial charge in [0.25, 0.3) is 5.91 Å². The molecule has 0 unspecified atom stereocenters. The van der Waals surface area contributed by atoms with E-state index in [1.807, 2.05) is 35.2 Å². The van der Waals surface area contributed by atoms with Gasteiger partial charge in [0, 0.05) is 45.3 Å². The molecule has 2 aliphatic rings. The lowest BCUT2D eigenvalue weighted by Gasteiger charge is -2.34. The summed E-state index contributed by atoms with van der Waals surface area (Å²) in [6.45, 7) is 4.52. The number of amides is 1. The van der Waals surface area contributed by atoms with Crippen LogP contribution in [-0.4, -0.2) is 64.8 Å². The lowest BCUT2D eigenvalue weighted by Crippen LogP contribution is -2.46. The molecule has 0 N–H and O–H groups in total. The molecule has 8 nitrogen and oxygen atoms in total. The first-order valence-electron chi connectivity index (χ1n) is 12.3. The van der Waals surface area contributed by atoms with Crippen LogP contribution in [0.15, 0.2) is 63.9 Å². The third-order valence-electron chi connectivity index (χ3n) is 6.55. The molecule has 2 aliphatic heterocycles. The Kier molecular flexibility index (Phi) is 8.08. The molecule has 2 fully saturated rings. The van der Waals surface area contributed by atoms with E-state index in [0.29, 0.717) is 28.1 Å². The number of nitriles is 1. The smallest absolute Gasteiger partial charge is 0.266 e. The maximum Gasteiger partial charge on any atom is 0.266 e. The highest BCUT2D eigenvalue weighted by Gasteiger charge is 2.33. The number of methoxy groups -OCH3 is 1. The van der Waals surface area contributed by atoms with Crippen molar-refractivity contribution in [2.75, 3.05) is 44.7 Å². The molecule has 38 heavy (non-hydrogen) atoms. The van der Waals surface area contributed by atoms with Gasteiger partial charge in [-0.2, -0.15) is 10.2 Å². The molecule has 0 bridgehead atoms. The number of anilines is 1. The summed E-state index contributed by atoms with van der Waals surface area (Å²) in [6, 6.07) is 20.3. The summed E-state index contributed by atoms with van der Waals surface area (Å²) < 4.78 is 11.7. The zero-order chi connectivity index (χ0) is 26.5. The van der Waals surface area contributed by atoms with Crippen LogP contribution in [0.1, 0.15) is 22.7 Å². The van der Waals surface area contributed by atoms with E-state index in [1.54, 1.807) is 18.1 Å². The molecule has 1 amide bonds. The molecule has 2 aromatic carbocycles. The predicted octanol–water partition coefficient (Wildman–Crippen LogP) is 4.32. The van der Waals surface area contributed by atoms with Crippen LogP contribution in [0.2, 0.25) is 0 Å². The summed E-state index contributed by atoms with van der Waals surface area (Å²) in [5.74, 6) is 1.30. The second kappa shape index (κ2) is 11.8. The summed E-state index contributed by atoms with van der Waals surface area (Å²) >= 11 is 6.69. The Morgan fingerprint density at radius 1 is 1.11 bits per heavy atom. The largest absolute Gasteiger partial charge is 0.497 e. The van der Waals surface area contributed by atoms with E-state index < -0.39 is 0 Å². The lowest BCUT2D eigenvalue weighted by atomic mass is 10.1. The molecule has 2 saturated heterocycles. The Hall–Kier alpha value is -3.65. The van der Waals surface area contributed by atoms with Crippen LogP contribution in [0.3, 0.4) is 0 Å². The van der Waals surface area contributed by atoms with Crippen LogP contribution in [-0.2, 0) is 17.8 Å². The van der Waals surface area contributed by atoms with Crippen molar-refractivity contribution in [3.63, 3.8) is 0 Å². The van der Waals surface area contributed by atoms with E-state index in [-0.39, 0.29) is 17.5 Å². The number of rotatable bonds is 8. The average Bonchev–Trinajstić information content (AvgIpc) is 3.48. The van der Waals surface area contributed by atoms with Crippen LogP contribution in [0, 0.1) is 11.3 Å². The third kappa shape index (κ3) is 5.91. The molecule has 3 aromatic rings. The van der Waals surface area contributed by atoms with Crippen LogP contribution < -0.4 is 9.64 Å².